The Balaban J connectivity index is 1.92. The number of carbonyl (C=O) groups is 4. The van der Waals surface area contributed by atoms with Crippen LogP contribution < -0.4 is 10.6 Å². The zero-order valence-corrected chi connectivity index (χ0v) is 21.3. The molecule has 0 spiro atoms. The van der Waals surface area contributed by atoms with Crippen LogP contribution in [0.3, 0.4) is 0 Å². The molecule has 2 aromatic carbocycles. The Kier molecular flexibility index (Phi) is 8.98. The Morgan fingerprint density at radius 1 is 1.11 bits per heavy atom. The van der Waals surface area contributed by atoms with Crippen LogP contribution in [-0.4, -0.2) is 43.7 Å². The van der Waals surface area contributed by atoms with Crippen molar-refractivity contribution in [3.8, 4) is 6.07 Å². The number of benzene rings is 2. The van der Waals surface area contributed by atoms with Crippen LogP contribution in [0.1, 0.15) is 21.8 Å². The number of thioether (sulfide) groups is 1. The van der Waals surface area contributed by atoms with Gasteiger partial charge in [-0.3, -0.25) is 14.4 Å². The zero-order valence-electron chi connectivity index (χ0n) is 19.0. The highest BCUT2D eigenvalue weighted by Crippen LogP contribution is 2.40. The molecule has 2 N–H and O–H groups in total. The summed E-state index contributed by atoms with van der Waals surface area (Å²) in [5.41, 5.74) is 1.06. The maximum absolute atomic E-state index is 12.9. The van der Waals surface area contributed by atoms with E-state index in [-0.39, 0.29) is 32.0 Å². The van der Waals surface area contributed by atoms with Crippen molar-refractivity contribution < 1.29 is 28.7 Å². The molecule has 2 amide bonds. The number of anilines is 1. The largest absolute Gasteiger partial charge is 0.468 e. The van der Waals surface area contributed by atoms with Crippen LogP contribution in [0, 0.1) is 17.2 Å². The number of allylic oxidation sites excluding steroid dienone is 1. The van der Waals surface area contributed by atoms with E-state index in [0.29, 0.717) is 11.3 Å². The van der Waals surface area contributed by atoms with E-state index in [9.17, 15) is 24.4 Å². The molecule has 3 rings (SSSR count). The molecular weight excluding hydrogens is 529 g/mol. The molecule has 12 heteroatoms. The minimum atomic E-state index is -1.35. The van der Waals surface area contributed by atoms with Crippen molar-refractivity contribution in [2.24, 2.45) is 5.92 Å². The average Bonchev–Trinajstić information content (AvgIpc) is 2.88. The molecule has 0 aromatic heterocycles. The number of amides is 2. The first-order chi connectivity index (χ1) is 17.2. The number of halogens is 2. The maximum Gasteiger partial charge on any atom is 0.337 e. The summed E-state index contributed by atoms with van der Waals surface area (Å²) in [6.45, 7) is 0. The molecule has 0 saturated carbocycles. The molecule has 2 aromatic rings. The summed E-state index contributed by atoms with van der Waals surface area (Å²) in [6, 6.07) is 12.8. The van der Waals surface area contributed by atoms with Gasteiger partial charge >= 0.3 is 11.9 Å². The predicted octanol–water partition coefficient (Wildman–Crippen LogP) is 3.89. The lowest BCUT2D eigenvalue weighted by atomic mass is 9.78. The van der Waals surface area contributed by atoms with Crippen LogP contribution in [0.4, 0.5) is 5.69 Å². The Bertz CT molecular complexity index is 1290. The third kappa shape index (κ3) is 5.82. The van der Waals surface area contributed by atoms with E-state index in [1.807, 2.05) is 6.07 Å². The first-order valence-electron chi connectivity index (χ1n) is 10.3. The smallest absolute Gasteiger partial charge is 0.337 e. The third-order valence-electron chi connectivity index (χ3n) is 5.25. The lowest BCUT2D eigenvalue weighted by Gasteiger charge is -2.31. The molecule has 0 radical (unpaired) electrons. The van der Waals surface area contributed by atoms with Gasteiger partial charge < -0.3 is 20.1 Å². The highest BCUT2D eigenvalue weighted by molar-refractivity contribution is 8.03. The number of nitrogens with one attached hydrogen (secondary N) is 2. The highest BCUT2D eigenvalue weighted by Gasteiger charge is 2.44. The van der Waals surface area contributed by atoms with E-state index in [2.05, 4.69) is 15.4 Å². The second-order valence-corrected chi connectivity index (χ2v) is 9.14. The van der Waals surface area contributed by atoms with Gasteiger partial charge in [0, 0.05) is 5.92 Å². The molecule has 2 atom stereocenters. The van der Waals surface area contributed by atoms with E-state index < -0.39 is 35.6 Å². The summed E-state index contributed by atoms with van der Waals surface area (Å²) in [5, 5.41) is 15.7. The molecule has 1 heterocycles. The number of esters is 2. The van der Waals surface area contributed by atoms with Gasteiger partial charge in [-0.25, -0.2) is 4.79 Å². The summed E-state index contributed by atoms with van der Waals surface area (Å²) in [7, 11) is 2.38. The number of hydrogen-bond donors (Lipinski definition) is 2. The second-order valence-electron chi connectivity index (χ2n) is 7.37. The highest BCUT2D eigenvalue weighted by atomic mass is 35.5. The molecule has 9 nitrogen and oxygen atoms in total. The number of nitrogens with zero attached hydrogens (tertiary/aromatic N) is 1. The summed E-state index contributed by atoms with van der Waals surface area (Å²) in [6.07, 6.45) is 0. The summed E-state index contributed by atoms with van der Waals surface area (Å²) < 4.78 is 9.49. The molecular formula is C24H19Cl2N3O6S. The fourth-order valence-corrected chi connectivity index (χ4v) is 4.74. The zero-order chi connectivity index (χ0) is 26.4. The first-order valence-corrected chi connectivity index (χ1v) is 12.0. The Labute approximate surface area is 220 Å². The van der Waals surface area contributed by atoms with Crippen LogP contribution in [0.15, 0.2) is 53.1 Å². The fourth-order valence-electron chi connectivity index (χ4n) is 3.55. The van der Waals surface area contributed by atoms with Gasteiger partial charge in [0.2, 0.25) is 11.8 Å². The first kappa shape index (κ1) is 27.1. The SMILES string of the molecule is COC(=O)c1ccc([C@H]2C(C#N)=C(SCC(=O)Nc3cccc(Cl)c3Cl)NC(=O)[C@@H]2C(=O)OC)cc1. The number of rotatable bonds is 7. The number of hydrogen-bond acceptors (Lipinski definition) is 8. The quantitative estimate of drug-likeness (QED) is 0.393. The minimum absolute atomic E-state index is 0.0643. The van der Waals surface area contributed by atoms with E-state index in [0.717, 1.165) is 18.9 Å². The van der Waals surface area contributed by atoms with E-state index in [1.54, 1.807) is 18.2 Å². The second kappa shape index (κ2) is 11.9. The molecule has 186 valence electrons. The molecule has 0 bridgehead atoms. The molecule has 0 fully saturated rings. The van der Waals surface area contributed by atoms with Gasteiger partial charge in [0.1, 0.15) is 5.92 Å². The number of ether oxygens (including phenoxy) is 2. The summed E-state index contributed by atoms with van der Waals surface area (Å²) in [5.74, 6) is -5.08. The predicted molar refractivity (Wildman–Crippen MR) is 134 cm³/mol. The van der Waals surface area contributed by atoms with Crippen LogP contribution >= 0.6 is 35.0 Å². The topological polar surface area (TPSA) is 135 Å². The van der Waals surface area contributed by atoms with Crippen LogP contribution in [0.25, 0.3) is 0 Å². The molecule has 1 aliphatic heterocycles. The molecule has 36 heavy (non-hydrogen) atoms. The molecule has 1 aliphatic rings. The van der Waals surface area contributed by atoms with Crippen molar-refractivity contribution in [3.05, 3.63) is 74.2 Å². The van der Waals surface area contributed by atoms with Gasteiger partial charge in [0.25, 0.3) is 0 Å². The van der Waals surface area contributed by atoms with Gasteiger partial charge in [0.05, 0.1) is 57.9 Å². The standard InChI is InChI=1S/C24H19Cl2N3O6S/c1-34-23(32)13-8-6-12(7-9-13)18-14(10-27)22(29-21(31)19(18)24(33)35-2)36-11-17(30)28-16-5-3-4-15(25)20(16)26/h3-9,18-19H,11H2,1-2H3,(H,28,30)(H,29,31)/t18-,19+/m0/s1. The molecule has 0 aliphatic carbocycles. The van der Waals surface area contributed by atoms with E-state index in [1.165, 1.54) is 31.4 Å². The Morgan fingerprint density at radius 3 is 2.42 bits per heavy atom. The van der Waals surface area contributed by atoms with E-state index >= 15 is 0 Å². The summed E-state index contributed by atoms with van der Waals surface area (Å²) in [4.78, 5) is 49.7. The van der Waals surface area contributed by atoms with Gasteiger partial charge in [-0.2, -0.15) is 5.26 Å². The van der Waals surface area contributed by atoms with Gasteiger partial charge in [-0.05, 0) is 29.8 Å². The van der Waals surface area contributed by atoms with Crippen LogP contribution in [-0.2, 0) is 23.9 Å². The lowest BCUT2D eigenvalue weighted by molar-refractivity contribution is -0.150. The van der Waals surface area contributed by atoms with Crippen LogP contribution in [0.5, 0.6) is 0 Å². The van der Waals surface area contributed by atoms with Gasteiger partial charge in [-0.1, -0.05) is 53.2 Å². The maximum atomic E-state index is 12.9. The fraction of sp³-hybridized carbons (Fsp3) is 0.208. The van der Waals surface area contributed by atoms with Crippen molar-refractivity contribution in [2.45, 2.75) is 5.92 Å². The summed E-state index contributed by atoms with van der Waals surface area (Å²) >= 11 is 13.0. The number of carbonyl (C=O) groups excluding carboxylic acids is 4. The monoisotopic (exact) mass is 547 g/mol. The van der Waals surface area contributed by atoms with Crippen molar-refractivity contribution in [1.82, 2.24) is 5.32 Å². The average molecular weight is 548 g/mol. The minimum Gasteiger partial charge on any atom is -0.468 e. The van der Waals surface area contributed by atoms with E-state index in [4.69, 9.17) is 27.9 Å². The molecule has 0 saturated heterocycles. The normalized spacial score (nSPS) is 17.0. The van der Waals surface area contributed by atoms with Gasteiger partial charge in [0.15, 0.2) is 0 Å². The van der Waals surface area contributed by atoms with Crippen molar-refractivity contribution in [3.63, 3.8) is 0 Å². The number of methoxy groups -OCH3 is 2. The molecule has 0 unspecified atom stereocenters. The van der Waals surface area contributed by atoms with Crippen molar-refractivity contribution >= 4 is 64.4 Å². The van der Waals surface area contributed by atoms with Crippen LogP contribution in [0.2, 0.25) is 10.0 Å². The number of nitriles is 1. The van der Waals surface area contributed by atoms with Crippen molar-refractivity contribution in [1.29, 1.82) is 5.26 Å². The van der Waals surface area contributed by atoms with Gasteiger partial charge in [-0.15, -0.1) is 0 Å². The third-order valence-corrected chi connectivity index (χ3v) is 7.08. The Morgan fingerprint density at radius 2 is 1.81 bits per heavy atom. The lowest BCUT2D eigenvalue weighted by Crippen LogP contribution is -2.44. The Hall–Kier alpha value is -3.52. The van der Waals surface area contributed by atoms with Crippen molar-refractivity contribution in [2.75, 3.05) is 25.3 Å².